The van der Waals surface area contributed by atoms with Crippen molar-refractivity contribution >= 4 is 5.91 Å². The van der Waals surface area contributed by atoms with E-state index in [-0.39, 0.29) is 23.8 Å². The van der Waals surface area contributed by atoms with Gasteiger partial charge in [0.25, 0.3) is 0 Å². The molecule has 0 bridgehead atoms. The second kappa shape index (κ2) is 6.15. The van der Waals surface area contributed by atoms with Gasteiger partial charge >= 0.3 is 0 Å². The molecule has 0 fully saturated rings. The summed E-state index contributed by atoms with van der Waals surface area (Å²) in [4.78, 5) is 11.5. The van der Waals surface area contributed by atoms with E-state index in [1.807, 2.05) is 19.9 Å². The van der Waals surface area contributed by atoms with E-state index in [2.05, 4.69) is 10.6 Å². The Labute approximate surface area is 113 Å². The molecular formula is C15H21FN2O. The van der Waals surface area contributed by atoms with Gasteiger partial charge in [-0.25, -0.2) is 4.39 Å². The van der Waals surface area contributed by atoms with E-state index in [4.69, 9.17) is 0 Å². The van der Waals surface area contributed by atoms with Gasteiger partial charge in [0, 0.05) is 25.0 Å². The first-order valence-electron chi connectivity index (χ1n) is 6.88. The van der Waals surface area contributed by atoms with Gasteiger partial charge in [-0.1, -0.05) is 12.1 Å². The largest absolute Gasteiger partial charge is 0.354 e. The Bertz CT molecular complexity index is 459. The molecule has 2 rings (SSSR count). The number of halogens is 1. The lowest BCUT2D eigenvalue weighted by atomic mass is 10.1. The zero-order valence-electron chi connectivity index (χ0n) is 11.5. The first-order valence-corrected chi connectivity index (χ1v) is 6.88. The molecule has 19 heavy (non-hydrogen) atoms. The summed E-state index contributed by atoms with van der Waals surface area (Å²) >= 11 is 0. The highest BCUT2D eigenvalue weighted by molar-refractivity contribution is 5.76. The van der Waals surface area contributed by atoms with Gasteiger partial charge in [-0.3, -0.25) is 4.79 Å². The number of hydrogen-bond acceptors (Lipinski definition) is 2. The van der Waals surface area contributed by atoms with Crippen LogP contribution in [-0.4, -0.2) is 18.5 Å². The zero-order chi connectivity index (χ0) is 13.8. The van der Waals surface area contributed by atoms with Crippen molar-refractivity contribution in [2.45, 2.75) is 45.2 Å². The second-order valence-electron chi connectivity index (χ2n) is 5.33. The highest BCUT2D eigenvalue weighted by atomic mass is 19.1. The summed E-state index contributed by atoms with van der Waals surface area (Å²) in [5.74, 6) is -0.0562. The lowest BCUT2D eigenvalue weighted by molar-refractivity contribution is -0.121. The van der Waals surface area contributed by atoms with Crippen LogP contribution in [-0.2, 0) is 11.2 Å². The van der Waals surface area contributed by atoms with Crippen LogP contribution in [0.25, 0.3) is 0 Å². The third-order valence-electron chi connectivity index (χ3n) is 3.41. The van der Waals surface area contributed by atoms with Crippen LogP contribution in [0.2, 0.25) is 0 Å². The summed E-state index contributed by atoms with van der Waals surface area (Å²) in [5.41, 5.74) is 1.87. The highest BCUT2D eigenvalue weighted by Crippen LogP contribution is 2.32. The highest BCUT2D eigenvalue weighted by Gasteiger charge is 2.24. The standard InChI is InChI=1S/C15H21FN2O/c1-10(2)18-15(19)8-9-17-14-7-6-11-12(14)4-3-5-13(11)16/h3-5,10,14,17H,6-9H2,1-2H3,(H,18,19). The third kappa shape index (κ3) is 3.53. The van der Waals surface area contributed by atoms with Crippen LogP contribution in [0.4, 0.5) is 4.39 Å². The maximum absolute atomic E-state index is 13.6. The van der Waals surface area contributed by atoms with Crippen molar-refractivity contribution in [3.63, 3.8) is 0 Å². The fourth-order valence-corrected chi connectivity index (χ4v) is 2.58. The lowest BCUT2D eigenvalue weighted by Gasteiger charge is -2.14. The molecule has 1 aliphatic rings. The fourth-order valence-electron chi connectivity index (χ4n) is 2.58. The first kappa shape index (κ1) is 14.0. The van der Waals surface area contributed by atoms with E-state index in [1.54, 1.807) is 6.07 Å². The van der Waals surface area contributed by atoms with Crippen LogP contribution in [0.15, 0.2) is 18.2 Å². The van der Waals surface area contributed by atoms with Crippen molar-refractivity contribution in [1.82, 2.24) is 10.6 Å². The van der Waals surface area contributed by atoms with Crippen molar-refractivity contribution in [3.8, 4) is 0 Å². The van der Waals surface area contributed by atoms with Crippen molar-refractivity contribution in [3.05, 3.63) is 35.1 Å². The average molecular weight is 264 g/mol. The predicted octanol–water partition coefficient (Wildman–Crippen LogP) is 2.32. The molecule has 1 aliphatic carbocycles. The van der Waals surface area contributed by atoms with Gasteiger partial charge in [0.2, 0.25) is 5.91 Å². The molecule has 1 aromatic carbocycles. The van der Waals surface area contributed by atoms with Gasteiger partial charge in [-0.15, -0.1) is 0 Å². The molecule has 1 unspecified atom stereocenters. The molecule has 0 heterocycles. The number of benzene rings is 1. The normalized spacial score (nSPS) is 17.6. The number of carbonyl (C=O) groups is 1. The quantitative estimate of drug-likeness (QED) is 0.857. The minimum atomic E-state index is -0.112. The summed E-state index contributed by atoms with van der Waals surface area (Å²) in [6.07, 6.45) is 2.14. The van der Waals surface area contributed by atoms with Crippen LogP contribution in [0.1, 0.15) is 43.9 Å². The Morgan fingerprint density at radius 3 is 3.00 bits per heavy atom. The molecule has 0 aromatic heterocycles. The monoisotopic (exact) mass is 264 g/mol. The minimum Gasteiger partial charge on any atom is -0.354 e. The molecule has 2 N–H and O–H groups in total. The maximum atomic E-state index is 13.6. The molecule has 0 radical (unpaired) electrons. The van der Waals surface area contributed by atoms with Crippen LogP contribution in [0.5, 0.6) is 0 Å². The molecular weight excluding hydrogens is 243 g/mol. The van der Waals surface area contributed by atoms with Gasteiger partial charge in [0.15, 0.2) is 0 Å². The molecule has 0 saturated heterocycles. The van der Waals surface area contributed by atoms with Crippen LogP contribution in [0, 0.1) is 5.82 Å². The topological polar surface area (TPSA) is 41.1 Å². The van der Waals surface area contributed by atoms with E-state index < -0.39 is 0 Å². The van der Waals surface area contributed by atoms with Gasteiger partial charge in [-0.2, -0.15) is 0 Å². The second-order valence-corrected chi connectivity index (χ2v) is 5.33. The number of hydrogen-bond donors (Lipinski definition) is 2. The number of carbonyl (C=O) groups excluding carboxylic acids is 1. The fraction of sp³-hybridized carbons (Fsp3) is 0.533. The number of nitrogens with one attached hydrogen (secondary N) is 2. The molecule has 1 amide bonds. The van der Waals surface area contributed by atoms with E-state index >= 15 is 0 Å². The van der Waals surface area contributed by atoms with Crippen molar-refractivity contribution in [2.75, 3.05) is 6.54 Å². The molecule has 1 aromatic rings. The summed E-state index contributed by atoms with van der Waals surface area (Å²) in [5, 5.41) is 6.20. The van der Waals surface area contributed by atoms with E-state index in [0.29, 0.717) is 13.0 Å². The maximum Gasteiger partial charge on any atom is 0.221 e. The van der Waals surface area contributed by atoms with Crippen LogP contribution >= 0.6 is 0 Å². The Kier molecular flexibility index (Phi) is 4.53. The average Bonchev–Trinajstić information content (AvgIpc) is 2.73. The van der Waals surface area contributed by atoms with Gasteiger partial charge < -0.3 is 10.6 Å². The summed E-state index contributed by atoms with van der Waals surface area (Å²) in [6, 6.07) is 5.58. The van der Waals surface area contributed by atoms with E-state index in [1.165, 1.54) is 6.07 Å². The van der Waals surface area contributed by atoms with Gasteiger partial charge in [0.05, 0.1) is 0 Å². The number of fused-ring (bicyclic) bond motifs is 1. The predicted molar refractivity (Wildman–Crippen MR) is 73.4 cm³/mol. The molecule has 104 valence electrons. The molecule has 3 nitrogen and oxygen atoms in total. The molecule has 4 heteroatoms. The smallest absolute Gasteiger partial charge is 0.221 e. The Balaban J connectivity index is 1.83. The number of amides is 1. The molecule has 0 spiro atoms. The Morgan fingerprint density at radius 2 is 2.26 bits per heavy atom. The van der Waals surface area contributed by atoms with Crippen molar-refractivity contribution < 1.29 is 9.18 Å². The zero-order valence-corrected chi connectivity index (χ0v) is 11.5. The van der Waals surface area contributed by atoms with Gasteiger partial charge in [0.1, 0.15) is 5.82 Å². The third-order valence-corrected chi connectivity index (χ3v) is 3.41. The van der Waals surface area contributed by atoms with E-state index in [9.17, 15) is 9.18 Å². The Morgan fingerprint density at radius 1 is 1.47 bits per heavy atom. The summed E-state index contributed by atoms with van der Waals surface area (Å²) < 4.78 is 13.6. The first-order chi connectivity index (χ1) is 9.08. The van der Waals surface area contributed by atoms with Crippen molar-refractivity contribution in [2.24, 2.45) is 0 Å². The molecule has 0 aliphatic heterocycles. The number of rotatable bonds is 5. The van der Waals surface area contributed by atoms with E-state index in [0.717, 1.165) is 24.0 Å². The lowest BCUT2D eigenvalue weighted by Crippen LogP contribution is -2.33. The Hall–Kier alpha value is -1.42. The summed E-state index contributed by atoms with van der Waals surface area (Å²) in [6.45, 7) is 4.52. The van der Waals surface area contributed by atoms with Crippen LogP contribution in [0.3, 0.4) is 0 Å². The molecule has 0 saturated carbocycles. The van der Waals surface area contributed by atoms with Crippen molar-refractivity contribution in [1.29, 1.82) is 0 Å². The van der Waals surface area contributed by atoms with Crippen LogP contribution < -0.4 is 10.6 Å². The SMILES string of the molecule is CC(C)NC(=O)CCNC1CCc2c(F)cccc21. The molecule has 1 atom stereocenters. The minimum absolute atomic E-state index is 0.0555. The van der Waals surface area contributed by atoms with Gasteiger partial charge in [-0.05, 0) is 43.9 Å². The summed E-state index contributed by atoms with van der Waals surface area (Å²) in [7, 11) is 0.